The number of hydrogen-bond donors (Lipinski definition) is 0. The van der Waals surface area contributed by atoms with Crippen LogP contribution >= 0.6 is 11.6 Å². The van der Waals surface area contributed by atoms with Gasteiger partial charge in [-0.05, 0) is 42.5 Å². The summed E-state index contributed by atoms with van der Waals surface area (Å²) >= 11 is 5.85. The number of esters is 1. The van der Waals surface area contributed by atoms with Gasteiger partial charge in [-0.15, -0.1) is 0 Å². The van der Waals surface area contributed by atoms with E-state index in [0.717, 1.165) is 0 Å². The van der Waals surface area contributed by atoms with Crippen molar-refractivity contribution in [2.24, 2.45) is 4.99 Å². The van der Waals surface area contributed by atoms with Crippen LogP contribution in [0.3, 0.4) is 0 Å². The summed E-state index contributed by atoms with van der Waals surface area (Å²) in [6.07, 6.45) is 1.42. The molecule has 7 nitrogen and oxygen atoms in total. The average Bonchev–Trinajstić information content (AvgIpc) is 3.30. The number of aliphatic imine (C=N–C) groups is 1. The molecule has 0 radical (unpaired) electrons. The molecule has 8 heteroatoms. The van der Waals surface area contributed by atoms with Crippen LogP contribution in [0.1, 0.15) is 11.3 Å². The Morgan fingerprint density at radius 2 is 1.79 bits per heavy atom. The summed E-state index contributed by atoms with van der Waals surface area (Å²) in [4.78, 5) is 27.0. The third-order valence-corrected chi connectivity index (χ3v) is 4.24. The van der Waals surface area contributed by atoms with Crippen molar-refractivity contribution in [2.75, 3.05) is 0 Å². The summed E-state index contributed by atoms with van der Waals surface area (Å²) in [6.45, 7) is 0. The van der Waals surface area contributed by atoms with Crippen molar-refractivity contribution in [3.8, 4) is 11.3 Å². The Morgan fingerprint density at radius 3 is 2.54 bits per heavy atom. The Morgan fingerprint density at radius 1 is 1.04 bits per heavy atom. The molecule has 0 aliphatic carbocycles. The summed E-state index contributed by atoms with van der Waals surface area (Å²) < 4.78 is 10.8. The number of carbonyl (C=O) groups is 1. The third-order valence-electron chi connectivity index (χ3n) is 3.98. The molecule has 3 aromatic rings. The minimum Gasteiger partial charge on any atom is -0.456 e. The van der Waals surface area contributed by atoms with E-state index in [9.17, 15) is 14.9 Å². The standard InChI is InChI=1S/C20H11ClN2O5/c21-13-7-5-12(6-8-13)19-22-16(20(24)28-19)11-14-9-10-18(27-14)15-3-1-2-4-17(15)23(25)26/h1-11H/b16-11-. The van der Waals surface area contributed by atoms with E-state index < -0.39 is 10.9 Å². The molecule has 0 unspecified atom stereocenters. The molecule has 0 spiro atoms. The topological polar surface area (TPSA) is 94.9 Å². The van der Waals surface area contributed by atoms with E-state index in [1.165, 1.54) is 12.1 Å². The van der Waals surface area contributed by atoms with E-state index in [0.29, 0.717) is 27.7 Å². The van der Waals surface area contributed by atoms with Gasteiger partial charge >= 0.3 is 5.97 Å². The number of halogens is 1. The lowest BCUT2D eigenvalue weighted by Crippen LogP contribution is -2.05. The summed E-state index contributed by atoms with van der Waals surface area (Å²) in [5.41, 5.74) is 0.950. The number of benzene rings is 2. The Labute approximate surface area is 163 Å². The van der Waals surface area contributed by atoms with Crippen LogP contribution in [0.4, 0.5) is 5.69 Å². The molecule has 0 N–H and O–H groups in total. The minimum absolute atomic E-state index is 0.0633. The van der Waals surface area contributed by atoms with Gasteiger partial charge in [0.25, 0.3) is 5.69 Å². The van der Waals surface area contributed by atoms with Crippen molar-refractivity contribution in [1.82, 2.24) is 0 Å². The SMILES string of the molecule is O=C1OC(c2ccc(Cl)cc2)=N/C1=C\c1ccc(-c2ccccc2[N+](=O)[O-])o1. The summed E-state index contributed by atoms with van der Waals surface area (Å²) in [5.74, 6) is 0.181. The zero-order valence-electron chi connectivity index (χ0n) is 14.2. The second kappa shape index (κ2) is 7.13. The highest BCUT2D eigenvalue weighted by Crippen LogP contribution is 2.31. The molecule has 2 heterocycles. The van der Waals surface area contributed by atoms with Crippen molar-refractivity contribution >= 4 is 35.2 Å². The summed E-state index contributed by atoms with van der Waals surface area (Å²) in [6, 6.07) is 16.2. The average molecular weight is 395 g/mol. The molecule has 0 amide bonds. The molecule has 138 valence electrons. The van der Waals surface area contributed by atoms with Crippen LogP contribution in [0.2, 0.25) is 5.02 Å². The lowest BCUT2D eigenvalue weighted by molar-refractivity contribution is -0.384. The number of nitrogens with zero attached hydrogens (tertiary/aromatic N) is 2. The van der Waals surface area contributed by atoms with Gasteiger partial charge in [0.2, 0.25) is 5.90 Å². The van der Waals surface area contributed by atoms with Crippen molar-refractivity contribution in [3.05, 3.63) is 92.8 Å². The summed E-state index contributed by atoms with van der Waals surface area (Å²) in [7, 11) is 0. The van der Waals surface area contributed by atoms with Crippen LogP contribution in [0.25, 0.3) is 17.4 Å². The van der Waals surface area contributed by atoms with Gasteiger partial charge in [-0.1, -0.05) is 23.7 Å². The zero-order valence-corrected chi connectivity index (χ0v) is 14.9. The fourth-order valence-electron chi connectivity index (χ4n) is 2.68. The van der Waals surface area contributed by atoms with Gasteiger partial charge in [0, 0.05) is 22.7 Å². The largest absolute Gasteiger partial charge is 0.456 e. The fraction of sp³-hybridized carbons (Fsp3) is 0. The first-order valence-electron chi connectivity index (χ1n) is 8.13. The summed E-state index contributed by atoms with van der Waals surface area (Å²) in [5, 5.41) is 11.7. The maximum atomic E-state index is 12.1. The number of cyclic esters (lactones) is 1. The van der Waals surface area contributed by atoms with Crippen LogP contribution in [0.15, 0.2) is 75.8 Å². The molecule has 0 saturated carbocycles. The highest BCUT2D eigenvalue weighted by atomic mass is 35.5. The van der Waals surface area contributed by atoms with Gasteiger partial charge in [-0.2, -0.15) is 0 Å². The van der Waals surface area contributed by atoms with Crippen LogP contribution in [0, 0.1) is 10.1 Å². The lowest BCUT2D eigenvalue weighted by atomic mass is 10.1. The monoisotopic (exact) mass is 394 g/mol. The van der Waals surface area contributed by atoms with E-state index in [-0.39, 0.29) is 17.3 Å². The molecule has 2 aromatic carbocycles. The van der Waals surface area contributed by atoms with Crippen LogP contribution in [-0.2, 0) is 9.53 Å². The number of para-hydroxylation sites is 1. The zero-order chi connectivity index (χ0) is 19.7. The molecule has 28 heavy (non-hydrogen) atoms. The molecule has 0 atom stereocenters. The van der Waals surface area contributed by atoms with Crippen LogP contribution < -0.4 is 0 Å². The van der Waals surface area contributed by atoms with E-state index in [1.807, 2.05) is 0 Å². The molecular formula is C20H11ClN2O5. The van der Waals surface area contributed by atoms with Gasteiger partial charge in [-0.3, -0.25) is 10.1 Å². The van der Waals surface area contributed by atoms with Crippen molar-refractivity contribution in [3.63, 3.8) is 0 Å². The number of hydrogen-bond acceptors (Lipinski definition) is 6. The Hall–Kier alpha value is -3.71. The Balaban J connectivity index is 1.65. The fourth-order valence-corrected chi connectivity index (χ4v) is 2.80. The molecule has 1 aliphatic rings. The van der Waals surface area contributed by atoms with Gasteiger partial charge in [-0.25, -0.2) is 9.79 Å². The number of furan rings is 1. The minimum atomic E-state index is -0.617. The van der Waals surface area contributed by atoms with E-state index in [4.69, 9.17) is 20.8 Å². The van der Waals surface area contributed by atoms with Crippen LogP contribution in [0.5, 0.6) is 0 Å². The molecule has 1 aromatic heterocycles. The number of nitro benzene ring substituents is 1. The smallest absolute Gasteiger partial charge is 0.363 e. The van der Waals surface area contributed by atoms with Gasteiger partial charge in [0.05, 0.1) is 10.5 Å². The second-order valence-corrected chi connectivity index (χ2v) is 6.26. The Kier molecular flexibility index (Phi) is 4.50. The quantitative estimate of drug-likeness (QED) is 0.273. The molecular weight excluding hydrogens is 384 g/mol. The molecule has 0 fully saturated rings. The predicted octanol–water partition coefficient (Wildman–Crippen LogP) is 4.85. The second-order valence-electron chi connectivity index (χ2n) is 5.82. The maximum absolute atomic E-state index is 12.1. The third kappa shape index (κ3) is 3.43. The van der Waals surface area contributed by atoms with Gasteiger partial charge < -0.3 is 9.15 Å². The van der Waals surface area contributed by atoms with Crippen molar-refractivity contribution in [1.29, 1.82) is 0 Å². The van der Waals surface area contributed by atoms with E-state index >= 15 is 0 Å². The number of ether oxygens (including phenoxy) is 1. The molecule has 0 saturated heterocycles. The molecule has 4 rings (SSSR count). The van der Waals surface area contributed by atoms with Crippen LogP contribution in [-0.4, -0.2) is 16.8 Å². The molecule has 0 bridgehead atoms. The highest BCUT2D eigenvalue weighted by molar-refractivity contribution is 6.30. The van der Waals surface area contributed by atoms with Crippen molar-refractivity contribution in [2.45, 2.75) is 0 Å². The lowest BCUT2D eigenvalue weighted by Gasteiger charge is -1.98. The highest BCUT2D eigenvalue weighted by Gasteiger charge is 2.25. The Bertz CT molecular complexity index is 1150. The van der Waals surface area contributed by atoms with E-state index in [2.05, 4.69) is 4.99 Å². The van der Waals surface area contributed by atoms with E-state index in [1.54, 1.807) is 54.6 Å². The maximum Gasteiger partial charge on any atom is 0.363 e. The normalized spacial score (nSPS) is 14.8. The predicted molar refractivity (Wildman–Crippen MR) is 103 cm³/mol. The first-order chi connectivity index (χ1) is 13.5. The van der Waals surface area contributed by atoms with Crippen molar-refractivity contribution < 1.29 is 18.9 Å². The van der Waals surface area contributed by atoms with Gasteiger partial charge in [0.15, 0.2) is 5.70 Å². The number of nitro groups is 1. The first kappa shape index (κ1) is 17.7. The number of rotatable bonds is 4. The molecule has 1 aliphatic heterocycles. The first-order valence-corrected chi connectivity index (χ1v) is 8.51. The number of carbonyl (C=O) groups excluding carboxylic acids is 1. The van der Waals surface area contributed by atoms with Gasteiger partial charge in [0.1, 0.15) is 11.5 Å².